The number of hydrogen-bond donors (Lipinski definition) is 0. The summed E-state index contributed by atoms with van der Waals surface area (Å²) in [6.07, 6.45) is 4.27. The number of ether oxygens (including phenoxy) is 1. The van der Waals surface area contributed by atoms with Crippen LogP contribution in [-0.2, 0) is 6.42 Å². The molecule has 0 spiro atoms. The molecule has 0 aliphatic carbocycles. The zero-order valence-corrected chi connectivity index (χ0v) is 18.8. The highest BCUT2D eigenvalue weighted by molar-refractivity contribution is 7.98. The van der Waals surface area contributed by atoms with Gasteiger partial charge in [0.25, 0.3) is 0 Å². The van der Waals surface area contributed by atoms with Crippen molar-refractivity contribution < 1.29 is 4.74 Å². The van der Waals surface area contributed by atoms with E-state index in [1.54, 1.807) is 23.0 Å². The molecule has 5 nitrogen and oxygen atoms in total. The molecule has 3 rings (SSSR count). The maximum Gasteiger partial charge on any atom is 0.211 e. The van der Waals surface area contributed by atoms with Gasteiger partial charge in [0.05, 0.1) is 22.9 Å². The van der Waals surface area contributed by atoms with Gasteiger partial charge in [0.1, 0.15) is 0 Å². The van der Waals surface area contributed by atoms with Gasteiger partial charge in [0, 0.05) is 6.42 Å². The van der Waals surface area contributed by atoms with E-state index < -0.39 is 0 Å². The number of hydrogen-bond acceptors (Lipinski definition) is 5. The van der Waals surface area contributed by atoms with Gasteiger partial charge in [-0.15, -0.1) is 10.2 Å². The Balaban J connectivity index is 1.85. The van der Waals surface area contributed by atoms with Crippen LogP contribution in [0.25, 0.3) is 0 Å². The minimum Gasteiger partial charge on any atom is -0.490 e. The molecule has 0 bridgehead atoms. The van der Waals surface area contributed by atoms with E-state index >= 15 is 0 Å². The number of halogens is 2. The maximum absolute atomic E-state index is 6.37. The first-order chi connectivity index (χ1) is 14.0. The lowest BCUT2D eigenvalue weighted by molar-refractivity contribution is 0.271. The van der Waals surface area contributed by atoms with Gasteiger partial charge in [0.2, 0.25) is 5.16 Å². The average Bonchev–Trinajstić information content (AvgIpc) is 3.07. The second-order valence-electron chi connectivity index (χ2n) is 6.84. The van der Waals surface area contributed by atoms with Crippen molar-refractivity contribution in [2.45, 2.75) is 25.4 Å². The largest absolute Gasteiger partial charge is 0.490 e. The Kier molecular flexibility index (Phi) is 7.58. The van der Waals surface area contributed by atoms with E-state index in [0.717, 1.165) is 17.0 Å². The zero-order valence-electron chi connectivity index (χ0n) is 16.5. The molecule has 3 aromatic rings. The summed E-state index contributed by atoms with van der Waals surface area (Å²) in [5.74, 6) is 1.63. The lowest BCUT2D eigenvalue weighted by Crippen LogP contribution is -2.05. The number of benzene rings is 2. The molecule has 152 valence electrons. The number of rotatable bonds is 8. The van der Waals surface area contributed by atoms with Gasteiger partial charge in [-0.25, -0.2) is 0 Å². The molecule has 0 N–H and O–H groups in total. The Hall–Kier alpha value is -2.02. The van der Waals surface area contributed by atoms with Crippen LogP contribution in [-0.4, -0.2) is 34.0 Å². The van der Waals surface area contributed by atoms with Crippen molar-refractivity contribution in [2.75, 3.05) is 12.9 Å². The molecular formula is C21H22Cl2N4OS. The molecule has 0 aliphatic heterocycles. The predicted molar refractivity (Wildman–Crippen MR) is 121 cm³/mol. The third kappa shape index (κ3) is 5.75. The van der Waals surface area contributed by atoms with Crippen molar-refractivity contribution in [1.29, 1.82) is 0 Å². The van der Waals surface area contributed by atoms with Gasteiger partial charge < -0.3 is 4.74 Å². The van der Waals surface area contributed by atoms with Crippen molar-refractivity contribution in [3.8, 4) is 5.75 Å². The maximum atomic E-state index is 6.37. The molecule has 29 heavy (non-hydrogen) atoms. The fourth-order valence-electron chi connectivity index (χ4n) is 2.59. The molecule has 1 heterocycles. The molecule has 0 saturated carbocycles. The highest BCUT2D eigenvalue weighted by Gasteiger charge is 2.13. The van der Waals surface area contributed by atoms with E-state index in [2.05, 4.69) is 41.3 Å². The fourth-order valence-corrected chi connectivity index (χ4v) is 3.65. The third-order valence-corrected chi connectivity index (χ3v) is 5.15. The zero-order chi connectivity index (χ0) is 20.8. The Bertz CT molecular complexity index is 967. The Morgan fingerprint density at radius 3 is 2.45 bits per heavy atom. The summed E-state index contributed by atoms with van der Waals surface area (Å²) in [6.45, 7) is 4.68. The molecule has 2 aromatic carbocycles. The van der Waals surface area contributed by atoms with E-state index in [1.807, 2.05) is 24.5 Å². The number of aromatic nitrogens is 3. The minimum atomic E-state index is 0.380. The smallest absolute Gasteiger partial charge is 0.211 e. The average molecular weight is 449 g/mol. The Morgan fingerprint density at radius 1 is 1.14 bits per heavy atom. The molecule has 0 radical (unpaired) electrons. The van der Waals surface area contributed by atoms with E-state index in [0.29, 0.717) is 39.9 Å². The molecule has 0 unspecified atom stereocenters. The molecule has 8 heteroatoms. The second kappa shape index (κ2) is 10.1. The summed E-state index contributed by atoms with van der Waals surface area (Å²) < 4.78 is 7.46. The molecular weight excluding hydrogens is 427 g/mol. The van der Waals surface area contributed by atoms with Crippen LogP contribution in [0.5, 0.6) is 5.75 Å². The summed E-state index contributed by atoms with van der Waals surface area (Å²) in [7, 11) is 0. The monoisotopic (exact) mass is 448 g/mol. The molecule has 1 aromatic heterocycles. The van der Waals surface area contributed by atoms with Crippen molar-refractivity contribution in [1.82, 2.24) is 14.9 Å². The van der Waals surface area contributed by atoms with Crippen molar-refractivity contribution in [2.24, 2.45) is 11.0 Å². The molecule has 0 saturated heterocycles. The van der Waals surface area contributed by atoms with E-state index in [1.165, 1.54) is 11.8 Å². The van der Waals surface area contributed by atoms with Crippen LogP contribution in [0.15, 0.2) is 52.7 Å². The molecule has 0 aliphatic rings. The predicted octanol–water partition coefficient (Wildman–Crippen LogP) is 5.81. The van der Waals surface area contributed by atoms with Crippen LogP contribution in [0.1, 0.15) is 30.8 Å². The van der Waals surface area contributed by atoms with Crippen LogP contribution < -0.4 is 4.74 Å². The SMILES string of the molecule is CSc1nnc(Cc2ccccc2)n1/N=C\c1cc(Cl)c(OCC(C)C)c(Cl)c1. The Labute approximate surface area is 185 Å². The van der Waals surface area contributed by atoms with Gasteiger partial charge in [-0.05, 0) is 35.4 Å². The van der Waals surface area contributed by atoms with Gasteiger partial charge in [-0.1, -0.05) is 79.1 Å². The lowest BCUT2D eigenvalue weighted by Gasteiger charge is -2.12. The number of thioether (sulfide) groups is 1. The summed E-state index contributed by atoms with van der Waals surface area (Å²) >= 11 is 14.2. The first kappa shape index (κ1) is 21.7. The third-order valence-electron chi connectivity index (χ3n) is 3.97. The van der Waals surface area contributed by atoms with Crippen molar-refractivity contribution in [3.63, 3.8) is 0 Å². The molecule has 0 amide bonds. The first-order valence-corrected chi connectivity index (χ1v) is 11.1. The highest BCUT2D eigenvalue weighted by atomic mass is 35.5. The van der Waals surface area contributed by atoms with Gasteiger partial charge >= 0.3 is 0 Å². The summed E-state index contributed by atoms with van der Waals surface area (Å²) in [5, 5.41) is 14.7. The summed E-state index contributed by atoms with van der Waals surface area (Å²) in [6, 6.07) is 13.7. The summed E-state index contributed by atoms with van der Waals surface area (Å²) in [4.78, 5) is 0. The van der Waals surface area contributed by atoms with Crippen molar-refractivity contribution >= 4 is 41.2 Å². The quantitative estimate of drug-likeness (QED) is 0.322. The Morgan fingerprint density at radius 2 is 1.83 bits per heavy atom. The van der Waals surface area contributed by atoms with Crippen LogP contribution in [0, 0.1) is 5.92 Å². The fraction of sp³-hybridized carbons (Fsp3) is 0.286. The number of nitrogens with zero attached hydrogens (tertiary/aromatic N) is 4. The molecule has 0 atom stereocenters. The topological polar surface area (TPSA) is 52.3 Å². The molecule has 0 fully saturated rings. The van der Waals surface area contributed by atoms with Gasteiger partial charge in [0.15, 0.2) is 11.6 Å². The first-order valence-electron chi connectivity index (χ1n) is 9.16. The van der Waals surface area contributed by atoms with E-state index in [9.17, 15) is 0 Å². The van der Waals surface area contributed by atoms with E-state index in [4.69, 9.17) is 27.9 Å². The van der Waals surface area contributed by atoms with Crippen LogP contribution in [0.3, 0.4) is 0 Å². The van der Waals surface area contributed by atoms with Crippen LogP contribution in [0.4, 0.5) is 0 Å². The minimum absolute atomic E-state index is 0.380. The van der Waals surface area contributed by atoms with Gasteiger partial charge in [-0.3, -0.25) is 0 Å². The lowest BCUT2D eigenvalue weighted by atomic mass is 10.1. The normalized spacial score (nSPS) is 11.5. The van der Waals surface area contributed by atoms with E-state index in [-0.39, 0.29) is 0 Å². The van der Waals surface area contributed by atoms with Crippen LogP contribution in [0.2, 0.25) is 10.0 Å². The second-order valence-corrected chi connectivity index (χ2v) is 8.43. The summed E-state index contributed by atoms with van der Waals surface area (Å²) in [5.41, 5.74) is 1.91. The standard InChI is InChI=1S/C21H22Cl2N4OS/c1-14(2)13-28-20-17(22)9-16(10-18(20)23)12-24-27-19(25-26-21(27)29-3)11-15-7-5-4-6-8-15/h4-10,12,14H,11,13H2,1-3H3/b24-12-. The van der Waals surface area contributed by atoms with Crippen molar-refractivity contribution in [3.05, 3.63) is 69.5 Å². The highest BCUT2D eigenvalue weighted by Crippen LogP contribution is 2.34. The van der Waals surface area contributed by atoms with Crippen LogP contribution >= 0.6 is 35.0 Å². The van der Waals surface area contributed by atoms with Gasteiger partial charge in [-0.2, -0.15) is 9.78 Å².